The van der Waals surface area contributed by atoms with Gasteiger partial charge in [-0.2, -0.15) is 5.32 Å². The first kappa shape index (κ1) is 11.2. The van der Waals surface area contributed by atoms with Crippen molar-refractivity contribution in [1.82, 2.24) is 10.2 Å². The van der Waals surface area contributed by atoms with Crippen molar-refractivity contribution in [2.45, 2.75) is 13.0 Å². The lowest BCUT2D eigenvalue weighted by Gasteiger charge is -2.29. The molecule has 1 aromatic rings. The summed E-state index contributed by atoms with van der Waals surface area (Å²) < 4.78 is 0. The molecule has 2 aliphatic rings. The second-order valence-corrected chi connectivity index (χ2v) is 4.55. The summed E-state index contributed by atoms with van der Waals surface area (Å²) in [5.41, 5.74) is 2.97. The molecule has 3 rings (SSSR count). The lowest BCUT2D eigenvalue weighted by Crippen LogP contribution is -2.36. The highest BCUT2D eigenvalue weighted by molar-refractivity contribution is 6.02. The van der Waals surface area contributed by atoms with Crippen molar-refractivity contribution in [1.29, 1.82) is 0 Å². The predicted octanol–water partition coefficient (Wildman–Crippen LogP) is 1.32. The molecule has 1 aromatic carbocycles. The largest absolute Gasteiger partial charge is 0.293 e. The van der Waals surface area contributed by atoms with E-state index in [-0.39, 0.29) is 5.91 Å². The maximum Gasteiger partial charge on any atom is 0.276 e. The average molecular weight is 240 g/mol. The molecule has 0 saturated heterocycles. The topological polar surface area (TPSA) is 46.8 Å². The number of amides is 1. The van der Waals surface area contributed by atoms with Gasteiger partial charge in [0.15, 0.2) is 0 Å². The van der Waals surface area contributed by atoms with Crippen molar-refractivity contribution in [3.63, 3.8) is 0 Å². The summed E-state index contributed by atoms with van der Waals surface area (Å²) in [5.74, 6) is -0.112. The van der Waals surface area contributed by atoms with Gasteiger partial charge in [0.05, 0.1) is 5.70 Å². The maximum absolute atomic E-state index is 11.6. The number of carbonyl (C=O) groups excluding carboxylic acids is 1. The molecule has 1 amide bonds. The highest BCUT2D eigenvalue weighted by Gasteiger charge is 2.25. The first-order valence-electron chi connectivity index (χ1n) is 6.09. The van der Waals surface area contributed by atoms with E-state index in [1.807, 2.05) is 18.2 Å². The number of nitrogens with zero attached hydrogens (tertiary/aromatic N) is 3. The minimum Gasteiger partial charge on any atom is -0.293 e. The monoisotopic (exact) mass is 240 g/mol. The van der Waals surface area contributed by atoms with Crippen molar-refractivity contribution >= 4 is 12.2 Å². The Kier molecular flexibility index (Phi) is 2.94. The zero-order valence-electron chi connectivity index (χ0n) is 10.0. The van der Waals surface area contributed by atoms with Crippen molar-refractivity contribution in [3.05, 3.63) is 47.2 Å². The number of carbonyl (C=O) groups is 1. The molecule has 18 heavy (non-hydrogen) atoms. The van der Waals surface area contributed by atoms with Gasteiger partial charge in [-0.3, -0.25) is 9.69 Å². The summed E-state index contributed by atoms with van der Waals surface area (Å²) in [6, 6.07) is 10.4. The number of benzene rings is 1. The van der Waals surface area contributed by atoms with E-state index in [0.29, 0.717) is 0 Å². The number of hydrogen-bond donors (Lipinski definition) is 0. The van der Waals surface area contributed by atoms with E-state index in [1.54, 1.807) is 0 Å². The Morgan fingerprint density at radius 2 is 2.06 bits per heavy atom. The van der Waals surface area contributed by atoms with E-state index in [2.05, 4.69) is 27.3 Å². The Balaban J connectivity index is 1.72. The van der Waals surface area contributed by atoms with E-state index >= 15 is 0 Å². The summed E-state index contributed by atoms with van der Waals surface area (Å²) in [6.45, 7) is 2.53. The number of aliphatic imine (C=N–C) groups is 1. The van der Waals surface area contributed by atoms with Gasteiger partial charge in [0.25, 0.3) is 5.91 Å². The molecule has 0 fully saturated rings. The smallest absolute Gasteiger partial charge is 0.276 e. The predicted molar refractivity (Wildman–Crippen MR) is 69.0 cm³/mol. The molecule has 4 heteroatoms. The minimum atomic E-state index is -0.112. The fourth-order valence-corrected chi connectivity index (χ4v) is 2.36. The van der Waals surface area contributed by atoms with Crippen LogP contribution in [0.3, 0.4) is 0 Å². The molecule has 0 bridgehead atoms. The fourth-order valence-electron chi connectivity index (χ4n) is 2.36. The SMILES string of the molecule is O=C1[N]C=NC2=C1CCN(Cc1ccccc1)C2. The molecule has 0 N–H and O–H groups in total. The van der Waals surface area contributed by atoms with Crippen LogP contribution in [0.25, 0.3) is 0 Å². The van der Waals surface area contributed by atoms with E-state index in [0.717, 1.165) is 37.3 Å². The van der Waals surface area contributed by atoms with Crippen molar-refractivity contribution < 1.29 is 4.79 Å². The second-order valence-electron chi connectivity index (χ2n) is 4.55. The first-order valence-corrected chi connectivity index (χ1v) is 6.09. The van der Waals surface area contributed by atoms with Gasteiger partial charge in [0.1, 0.15) is 6.34 Å². The van der Waals surface area contributed by atoms with Gasteiger partial charge < -0.3 is 0 Å². The van der Waals surface area contributed by atoms with Gasteiger partial charge in [-0.15, -0.1) is 0 Å². The van der Waals surface area contributed by atoms with Crippen LogP contribution in [0.1, 0.15) is 12.0 Å². The van der Waals surface area contributed by atoms with Crippen molar-refractivity contribution in [2.75, 3.05) is 13.1 Å². The zero-order valence-corrected chi connectivity index (χ0v) is 10.0. The molecule has 91 valence electrons. The van der Waals surface area contributed by atoms with Crippen LogP contribution in [0.2, 0.25) is 0 Å². The van der Waals surface area contributed by atoms with Gasteiger partial charge in [-0.05, 0) is 12.0 Å². The van der Waals surface area contributed by atoms with Crippen molar-refractivity contribution in [3.8, 4) is 0 Å². The molecule has 1 radical (unpaired) electrons. The standard InChI is InChI=1S/C14H14N3O/c18-14-12-6-7-17(9-13(12)15-10-16-14)8-11-4-2-1-3-5-11/h1-5,10H,6-9H2. The molecule has 2 heterocycles. The Bertz CT molecular complexity index is 519. The highest BCUT2D eigenvalue weighted by atomic mass is 16.1. The quantitative estimate of drug-likeness (QED) is 0.782. The van der Waals surface area contributed by atoms with Crippen LogP contribution >= 0.6 is 0 Å². The molecule has 0 saturated carbocycles. The number of hydrogen-bond acceptors (Lipinski definition) is 3. The van der Waals surface area contributed by atoms with Crippen LogP contribution in [-0.2, 0) is 11.3 Å². The van der Waals surface area contributed by atoms with Gasteiger partial charge in [-0.25, -0.2) is 4.99 Å². The molecular formula is C14H14N3O. The van der Waals surface area contributed by atoms with Crippen LogP contribution in [0.15, 0.2) is 46.6 Å². The number of rotatable bonds is 2. The third kappa shape index (κ3) is 2.19. The Labute approximate surface area is 106 Å². The molecule has 2 aliphatic heterocycles. The van der Waals surface area contributed by atoms with Crippen LogP contribution in [0.5, 0.6) is 0 Å². The minimum absolute atomic E-state index is 0.112. The van der Waals surface area contributed by atoms with Gasteiger partial charge in [0, 0.05) is 25.2 Å². The summed E-state index contributed by atoms with van der Waals surface area (Å²) in [6.07, 6.45) is 2.12. The third-order valence-electron chi connectivity index (χ3n) is 3.30. The van der Waals surface area contributed by atoms with Gasteiger partial charge >= 0.3 is 0 Å². The Morgan fingerprint density at radius 3 is 2.89 bits per heavy atom. The molecule has 0 aromatic heterocycles. The first-order chi connectivity index (χ1) is 8.83. The van der Waals surface area contributed by atoms with Crippen molar-refractivity contribution in [2.24, 2.45) is 4.99 Å². The summed E-state index contributed by atoms with van der Waals surface area (Å²) in [7, 11) is 0. The summed E-state index contributed by atoms with van der Waals surface area (Å²) >= 11 is 0. The third-order valence-corrected chi connectivity index (χ3v) is 3.30. The van der Waals surface area contributed by atoms with E-state index in [4.69, 9.17) is 0 Å². The van der Waals surface area contributed by atoms with E-state index in [1.165, 1.54) is 11.9 Å². The fraction of sp³-hybridized carbons (Fsp3) is 0.286. The maximum atomic E-state index is 11.6. The summed E-state index contributed by atoms with van der Waals surface area (Å²) in [5, 5.41) is 3.72. The van der Waals surface area contributed by atoms with Crippen LogP contribution < -0.4 is 5.32 Å². The van der Waals surface area contributed by atoms with Crippen LogP contribution in [0, 0.1) is 0 Å². The van der Waals surface area contributed by atoms with Crippen LogP contribution in [0.4, 0.5) is 0 Å². The lowest BCUT2D eigenvalue weighted by atomic mass is 10.0. The lowest BCUT2D eigenvalue weighted by molar-refractivity contribution is -0.116. The molecule has 4 nitrogen and oxygen atoms in total. The van der Waals surface area contributed by atoms with Crippen LogP contribution in [-0.4, -0.2) is 30.2 Å². The molecule has 0 aliphatic carbocycles. The van der Waals surface area contributed by atoms with E-state index < -0.39 is 0 Å². The molecule has 0 spiro atoms. The molecular weight excluding hydrogens is 226 g/mol. The van der Waals surface area contributed by atoms with E-state index in [9.17, 15) is 4.79 Å². The summed E-state index contributed by atoms with van der Waals surface area (Å²) in [4.78, 5) is 18.1. The van der Waals surface area contributed by atoms with Gasteiger partial charge in [0.2, 0.25) is 0 Å². The van der Waals surface area contributed by atoms with Gasteiger partial charge in [-0.1, -0.05) is 30.3 Å². The Morgan fingerprint density at radius 1 is 1.22 bits per heavy atom. The normalized spacial score (nSPS) is 19.7. The second kappa shape index (κ2) is 4.74. The molecule has 0 unspecified atom stereocenters. The molecule has 0 atom stereocenters. The Hall–Kier alpha value is -1.94. The highest BCUT2D eigenvalue weighted by Crippen LogP contribution is 2.22. The average Bonchev–Trinajstić information content (AvgIpc) is 2.40. The zero-order chi connectivity index (χ0) is 12.4.